The lowest BCUT2D eigenvalue weighted by molar-refractivity contribution is -0.384. The average molecular weight is 397 g/mol. The van der Waals surface area contributed by atoms with Gasteiger partial charge >= 0.3 is 5.97 Å². The van der Waals surface area contributed by atoms with Crippen LogP contribution in [-0.2, 0) is 22.4 Å². The third kappa shape index (κ3) is 4.53. The fraction of sp³-hybridized carbons (Fsp3) is 0.333. The Morgan fingerprint density at radius 1 is 1.14 bits per heavy atom. The Bertz CT molecular complexity index is 971. The van der Waals surface area contributed by atoms with Crippen LogP contribution in [0.2, 0.25) is 0 Å². The number of esters is 1. The smallest absolute Gasteiger partial charge is 0.339 e. The molecule has 1 aliphatic carbocycles. The second kappa shape index (κ2) is 8.30. The third-order valence-electron chi connectivity index (χ3n) is 4.91. The zero-order valence-corrected chi connectivity index (χ0v) is 16.6. The van der Waals surface area contributed by atoms with E-state index < -0.39 is 22.9 Å². The molecule has 152 valence electrons. The minimum absolute atomic E-state index is 0.0134. The molecule has 1 amide bonds. The molecule has 0 aliphatic heterocycles. The lowest BCUT2D eigenvalue weighted by Crippen LogP contribution is -2.30. The number of benzene rings is 2. The van der Waals surface area contributed by atoms with Gasteiger partial charge in [0.25, 0.3) is 11.6 Å². The number of fused-ring (bicyclic) bond motifs is 1. The highest BCUT2D eigenvalue weighted by molar-refractivity contribution is 5.98. The van der Waals surface area contributed by atoms with Crippen LogP contribution in [0.3, 0.4) is 0 Å². The van der Waals surface area contributed by atoms with E-state index in [1.54, 1.807) is 19.0 Å². The molecule has 0 fully saturated rings. The number of carbonyl (C=O) groups excluding carboxylic acids is 2. The maximum absolute atomic E-state index is 12.4. The number of nitrogens with one attached hydrogen (secondary N) is 1. The Kier molecular flexibility index (Phi) is 5.81. The van der Waals surface area contributed by atoms with E-state index in [2.05, 4.69) is 5.32 Å². The molecule has 0 aromatic heterocycles. The van der Waals surface area contributed by atoms with Crippen LogP contribution in [0.15, 0.2) is 36.4 Å². The van der Waals surface area contributed by atoms with E-state index in [0.717, 1.165) is 25.3 Å². The molecule has 2 aromatic carbocycles. The van der Waals surface area contributed by atoms with Crippen LogP contribution in [0.1, 0.15) is 34.8 Å². The van der Waals surface area contributed by atoms with Crippen LogP contribution in [-0.4, -0.2) is 37.0 Å². The molecule has 0 spiro atoms. The van der Waals surface area contributed by atoms with Gasteiger partial charge in [0.05, 0.1) is 10.5 Å². The number of rotatable bonds is 6. The van der Waals surface area contributed by atoms with Gasteiger partial charge in [0, 0.05) is 25.8 Å². The van der Waals surface area contributed by atoms with Crippen molar-refractivity contribution in [3.8, 4) is 0 Å². The summed E-state index contributed by atoms with van der Waals surface area (Å²) >= 11 is 0. The van der Waals surface area contributed by atoms with Crippen LogP contribution in [0.4, 0.5) is 17.1 Å². The molecule has 1 N–H and O–H groups in total. The summed E-state index contributed by atoms with van der Waals surface area (Å²) in [4.78, 5) is 37.1. The predicted octanol–water partition coefficient (Wildman–Crippen LogP) is 3.33. The maximum Gasteiger partial charge on any atom is 0.339 e. The highest BCUT2D eigenvalue weighted by Gasteiger charge is 2.23. The number of amides is 1. The highest BCUT2D eigenvalue weighted by atomic mass is 16.6. The fourth-order valence-corrected chi connectivity index (χ4v) is 3.35. The summed E-state index contributed by atoms with van der Waals surface area (Å²) in [5, 5.41) is 14.0. The molecular formula is C21H23N3O5. The number of ether oxygens (including phenoxy) is 1. The van der Waals surface area contributed by atoms with Gasteiger partial charge in [-0.15, -0.1) is 0 Å². The average Bonchev–Trinajstić information content (AvgIpc) is 3.15. The SMILES string of the molecule is C[C@@H](OC(=O)c1ccc(N(C)C)c([N+](=O)[O-])c1)C(=O)Nc1ccc2c(c1)CCC2. The van der Waals surface area contributed by atoms with Crippen LogP contribution >= 0.6 is 0 Å². The molecule has 8 heteroatoms. The number of anilines is 2. The van der Waals surface area contributed by atoms with Gasteiger partial charge in [-0.3, -0.25) is 14.9 Å². The molecule has 29 heavy (non-hydrogen) atoms. The quantitative estimate of drug-likeness (QED) is 0.456. The van der Waals surface area contributed by atoms with Crippen LogP contribution in [0, 0.1) is 10.1 Å². The summed E-state index contributed by atoms with van der Waals surface area (Å²) in [6.45, 7) is 1.46. The number of carbonyl (C=O) groups is 2. The van der Waals surface area contributed by atoms with E-state index in [-0.39, 0.29) is 11.3 Å². The molecule has 0 heterocycles. The van der Waals surface area contributed by atoms with Gasteiger partial charge < -0.3 is 15.0 Å². The molecule has 8 nitrogen and oxygen atoms in total. The molecule has 0 saturated heterocycles. The van der Waals surface area contributed by atoms with E-state index in [4.69, 9.17) is 4.74 Å². The number of aryl methyl sites for hydroxylation is 2. The zero-order chi connectivity index (χ0) is 21.1. The lowest BCUT2D eigenvalue weighted by atomic mass is 10.1. The van der Waals surface area contributed by atoms with E-state index in [9.17, 15) is 19.7 Å². The normalized spacial score (nSPS) is 13.3. The van der Waals surface area contributed by atoms with Crippen molar-refractivity contribution in [2.75, 3.05) is 24.3 Å². The monoisotopic (exact) mass is 397 g/mol. The molecule has 3 rings (SSSR count). The standard InChI is InChI=1S/C21H23N3O5/c1-13(20(25)22-17-9-7-14-5-4-6-15(14)11-17)29-21(26)16-8-10-18(23(2)3)19(12-16)24(27)28/h7-13H,4-6H2,1-3H3,(H,22,25)/t13-/m1/s1. The largest absolute Gasteiger partial charge is 0.449 e. The van der Waals surface area contributed by atoms with Crippen LogP contribution in [0.25, 0.3) is 0 Å². The second-order valence-electron chi connectivity index (χ2n) is 7.23. The minimum Gasteiger partial charge on any atom is -0.449 e. The number of hydrogen-bond acceptors (Lipinski definition) is 6. The van der Waals surface area contributed by atoms with Crippen LogP contribution < -0.4 is 10.2 Å². The van der Waals surface area contributed by atoms with Crippen molar-refractivity contribution >= 4 is 28.9 Å². The molecule has 1 aliphatic rings. The Morgan fingerprint density at radius 2 is 1.86 bits per heavy atom. The summed E-state index contributed by atoms with van der Waals surface area (Å²) in [6, 6.07) is 9.85. The van der Waals surface area contributed by atoms with Gasteiger partial charge in [-0.25, -0.2) is 4.79 Å². The van der Waals surface area contributed by atoms with Gasteiger partial charge in [-0.2, -0.15) is 0 Å². The van der Waals surface area contributed by atoms with E-state index in [1.807, 2.05) is 18.2 Å². The summed E-state index contributed by atoms with van der Waals surface area (Å²) in [5.74, 6) is -1.26. The van der Waals surface area contributed by atoms with E-state index in [1.165, 1.54) is 30.2 Å². The van der Waals surface area contributed by atoms with Gasteiger partial charge in [0.2, 0.25) is 0 Å². The molecule has 0 saturated carbocycles. The first-order valence-corrected chi connectivity index (χ1v) is 9.35. The first kappa shape index (κ1) is 20.3. The van der Waals surface area contributed by atoms with Gasteiger partial charge in [0.15, 0.2) is 6.10 Å². The van der Waals surface area contributed by atoms with Crippen molar-refractivity contribution in [1.82, 2.24) is 0 Å². The predicted molar refractivity (Wildman–Crippen MR) is 109 cm³/mol. The van der Waals surface area contributed by atoms with Crippen molar-refractivity contribution in [3.05, 3.63) is 63.2 Å². The molecule has 0 unspecified atom stereocenters. The minimum atomic E-state index is -1.05. The van der Waals surface area contributed by atoms with Gasteiger partial charge in [-0.1, -0.05) is 6.07 Å². The summed E-state index contributed by atoms with van der Waals surface area (Å²) in [7, 11) is 3.34. The second-order valence-corrected chi connectivity index (χ2v) is 7.23. The Balaban J connectivity index is 1.67. The third-order valence-corrected chi connectivity index (χ3v) is 4.91. The zero-order valence-electron chi connectivity index (χ0n) is 16.6. The Morgan fingerprint density at radius 3 is 2.55 bits per heavy atom. The summed E-state index contributed by atoms with van der Waals surface area (Å²) < 4.78 is 5.21. The fourth-order valence-electron chi connectivity index (χ4n) is 3.35. The number of nitro groups is 1. The number of nitro benzene ring substituents is 1. The number of hydrogen-bond donors (Lipinski definition) is 1. The molecule has 1 atom stereocenters. The Hall–Kier alpha value is -3.42. The first-order chi connectivity index (χ1) is 13.8. The number of nitrogens with zero attached hydrogens (tertiary/aromatic N) is 2. The van der Waals surface area contributed by atoms with Gasteiger partial charge in [0.1, 0.15) is 5.69 Å². The van der Waals surface area contributed by atoms with E-state index in [0.29, 0.717) is 11.4 Å². The topological polar surface area (TPSA) is 102 Å². The van der Waals surface area contributed by atoms with Crippen molar-refractivity contribution < 1.29 is 19.2 Å². The van der Waals surface area contributed by atoms with Crippen molar-refractivity contribution in [2.24, 2.45) is 0 Å². The van der Waals surface area contributed by atoms with Crippen LogP contribution in [0.5, 0.6) is 0 Å². The lowest BCUT2D eigenvalue weighted by Gasteiger charge is -2.15. The van der Waals surface area contributed by atoms with Gasteiger partial charge in [-0.05, 0) is 61.6 Å². The van der Waals surface area contributed by atoms with Crippen molar-refractivity contribution in [1.29, 1.82) is 0 Å². The Labute approximate surface area is 168 Å². The van der Waals surface area contributed by atoms with Crippen molar-refractivity contribution in [3.63, 3.8) is 0 Å². The summed E-state index contributed by atoms with van der Waals surface area (Å²) in [5.41, 5.74) is 3.35. The molecule has 2 aromatic rings. The molecule has 0 bridgehead atoms. The maximum atomic E-state index is 12.4. The first-order valence-electron chi connectivity index (χ1n) is 9.35. The van der Waals surface area contributed by atoms with Crippen molar-refractivity contribution in [2.45, 2.75) is 32.3 Å². The molecule has 0 radical (unpaired) electrons. The highest BCUT2D eigenvalue weighted by Crippen LogP contribution is 2.28. The summed E-state index contributed by atoms with van der Waals surface area (Å²) in [6.07, 6.45) is 2.10. The molecular weight excluding hydrogens is 374 g/mol. The van der Waals surface area contributed by atoms with E-state index >= 15 is 0 Å².